The van der Waals surface area contributed by atoms with Crippen molar-refractivity contribution in [1.29, 1.82) is 0 Å². The number of nitrogens with zero attached hydrogens (tertiary/aromatic N) is 4. The van der Waals surface area contributed by atoms with Crippen LogP contribution in [0.4, 0.5) is 0 Å². The van der Waals surface area contributed by atoms with Gasteiger partial charge in [-0.3, -0.25) is 0 Å². The Morgan fingerprint density at radius 3 is 2.80 bits per heavy atom. The number of benzene rings is 1. The Balaban J connectivity index is 1.15. The number of aromatic nitrogens is 4. The Morgan fingerprint density at radius 1 is 1.20 bits per heavy atom. The van der Waals surface area contributed by atoms with E-state index in [9.17, 15) is 9.90 Å². The van der Waals surface area contributed by atoms with E-state index in [4.69, 9.17) is 31.0 Å². The predicted molar refractivity (Wildman–Crippen MR) is 153 cm³/mol. The van der Waals surface area contributed by atoms with Crippen LogP contribution in [0.3, 0.4) is 0 Å². The number of hydrogen-bond donors (Lipinski definition) is 1. The van der Waals surface area contributed by atoms with Crippen molar-refractivity contribution in [1.82, 2.24) is 19.5 Å². The average Bonchev–Trinajstić information content (AvgIpc) is 3.26. The minimum atomic E-state index is -0.989. The van der Waals surface area contributed by atoms with Crippen molar-refractivity contribution >= 4 is 34.3 Å². The van der Waals surface area contributed by atoms with Crippen LogP contribution in [0.5, 0.6) is 5.88 Å². The van der Waals surface area contributed by atoms with E-state index in [0.717, 1.165) is 71.9 Å². The van der Waals surface area contributed by atoms with Gasteiger partial charge in [0.25, 0.3) is 0 Å². The van der Waals surface area contributed by atoms with Crippen molar-refractivity contribution < 1.29 is 19.4 Å². The van der Waals surface area contributed by atoms with Gasteiger partial charge in [0.2, 0.25) is 5.88 Å². The number of carboxylic acids is 1. The first kappa shape index (κ1) is 26.5. The summed E-state index contributed by atoms with van der Waals surface area (Å²) in [4.78, 5) is 25.5. The van der Waals surface area contributed by atoms with E-state index in [1.807, 2.05) is 43.3 Å². The molecule has 1 aliphatic carbocycles. The highest BCUT2D eigenvalue weighted by Gasteiger charge is 2.25. The summed E-state index contributed by atoms with van der Waals surface area (Å²) in [6.07, 6.45) is 8.44. The van der Waals surface area contributed by atoms with E-state index >= 15 is 0 Å². The minimum Gasteiger partial charge on any atom is -0.478 e. The Morgan fingerprint density at radius 2 is 2.08 bits per heavy atom. The quantitative estimate of drug-likeness (QED) is 0.258. The lowest BCUT2D eigenvalue weighted by Crippen LogP contribution is -2.32. The van der Waals surface area contributed by atoms with Gasteiger partial charge in [0.1, 0.15) is 12.4 Å². The third kappa shape index (κ3) is 5.74. The SMILES string of the molecule is Cc1cc(Cl)ccc1COc1cccc(C2=CCC(Cc3nc4ncc(C(=O)O)cc4n3C[C@@H]3CCO3)CC2)n1. The fraction of sp³-hybridized carbons (Fsp3) is 0.355. The number of carboxylic acid groups (broad SMARTS) is 1. The van der Waals surface area contributed by atoms with Gasteiger partial charge >= 0.3 is 5.97 Å². The first-order chi connectivity index (χ1) is 19.4. The molecule has 40 heavy (non-hydrogen) atoms. The number of aromatic carboxylic acids is 1. The van der Waals surface area contributed by atoms with Gasteiger partial charge in [0.05, 0.1) is 29.4 Å². The Kier molecular flexibility index (Phi) is 7.54. The zero-order chi connectivity index (χ0) is 27.6. The number of fused-ring (bicyclic) bond motifs is 1. The van der Waals surface area contributed by atoms with E-state index in [2.05, 4.69) is 15.6 Å². The van der Waals surface area contributed by atoms with E-state index in [1.165, 1.54) is 11.8 Å². The summed E-state index contributed by atoms with van der Waals surface area (Å²) in [7, 11) is 0. The maximum Gasteiger partial charge on any atom is 0.337 e. The standard InChI is InChI=1S/C31H31ClN4O4/c1-19-13-24(32)10-9-22(19)18-40-29-4-2-3-26(34-29)21-7-5-20(6-8-21)14-28-35-30-27(15-23(16-33-30)31(37)38)36(28)17-25-11-12-39-25/h2-4,7,9-10,13,15-16,20,25H,5-6,8,11-12,14,17-18H2,1H3,(H,37,38)/t20?,25-/m0/s1. The number of allylic oxidation sites excluding steroid dienone is 2. The van der Waals surface area contributed by atoms with Crippen LogP contribution in [0.1, 0.15) is 58.7 Å². The summed E-state index contributed by atoms with van der Waals surface area (Å²) in [6, 6.07) is 13.4. The highest BCUT2D eigenvalue weighted by atomic mass is 35.5. The van der Waals surface area contributed by atoms with Crippen molar-refractivity contribution in [2.45, 2.75) is 58.3 Å². The van der Waals surface area contributed by atoms with Gasteiger partial charge in [-0.2, -0.15) is 0 Å². The van der Waals surface area contributed by atoms with Crippen LogP contribution in [0.25, 0.3) is 16.7 Å². The van der Waals surface area contributed by atoms with Crippen LogP contribution in [0, 0.1) is 12.8 Å². The van der Waals surface area contributed by atoms with E-state index in [1.54, 1.807) is 6.07 Å². The number of rotatable bonds is 9. The summed E-state index contributed by atoms with van der Waals surface area (Å²) in [5.74, 6) is 0.980. The maximum atomic E-state index is 11.5. The first-order valence-corrected chi connectivity index (χ1v) is 14.0. The summed E-state index contributed by atoms with van der Waals surface area (Å²) in [5.41, 5.74) is 5.87. The maximum absolute atomic E-state index is 11.5. The smallest absolute Gasteiger partial charge is 0.337 e. The van der Waals surface area contributed by atoms with Crippen LogP contribution >= 0.6 is 11.6 Å². The molecule has 1 unspecified atom stereocenters. The monoisotopic (exact) mass is 558 g/mol. The molecule has 2 aliphatic rings. The number of imidazole rings is 1. The molecule has 0 saturated carbocycles. The average molecular weight is 559 g/mol. The second kappa shape index (κ2) is 11.4. The molecule has 0 radical (unpaired) electrons. The van der Waals surface area contributed by atoms with Crippen molar-refractivity contribution in [3.05, 3.63) is 88.0 Å². The van der Waals surface area contributed by atoms with Gasteiger partial charge in [0.15, 0.2) is 5.65 Å². The van der Waals surface area contributed by atoms with E-state index < -0.39 is 5.97 Å². The molecule has 1 aliphatic heterocycles. The second-order valence-corrected chi connectivity index (χ2v) is 11.0. The number of pyridine rings is 2. The third-order valence-corrected chi connectivity index (χ3v) is 8.07. The molecule has 8 nitrogen and oxygen atoms in total. The summed E-state index contributed by atoms with van der Waals surface area (Å²) < 4.78 is 13.8. The van der Waals surface area contributed by atoms with Gasteiger partial charge in [-0.1, -0.05) is 29.8 Å². The number of halogens is 1. The molecule has 4 aromatic rings. The van der Waals surface area contributed by atoms with Crippen molar-refractivity contribution in [2.24, 2.45) is 5.92 Å². The Hall–Kier alpha value is -3.75. The molecule has 2 atom stereocenters. The first-order valence-electron chi connectivity index (χ1n) is 13.7. The summed E-state index contributed by atoms with van der Waals surface area (Å²) in [5, 5.41) is 10.2. The zero-order valence-electron chi connectivity index (χ0n) is 22.3. The van der Waals surface area contributed by atoms with Crippen LogP contribution < -0.4 is 4.74 Å². The molecular weight excluding hydrogens is 528 g/mol. The highest BCUT2D eigenvalue weighted by molar-refractivity contribution is 6.30. The molecule has 1 saturated heterocycles. The van der Waals surface area contributed by atoms with Crippen molar-refractivity contribution in [2.75, 3.05) is 6.61 Å². The molecular formula is C31H31ClN4O4. The van der Waals surface area contributed by atoms with Crippen LogP contribution in [-0.4, -0.2) is 43.3 Å². The molecule has 9 heteroatoms. The Labute approximate surface area is 237 Å². The number of carbonyl (C=O) groups is 1. The number of ether oxygens (including phenoxy) is 2. The predicted octanol–water partition coefficient (Wildman–Crippen LogP) is 6.28. The van der Waals surface area contributed by atoms with Gasteiger partial charge in [-0.15, -0.1) is 0 Å². The molecule has 6 rings (SSSR count). The minimum absolute atomic E-state index is 0.131. The van der Waals surface area contributed by atoms with Crippen LogP contribution in [0.15, 0.2) is 54.7 Å². The van der Waals surface area contributed by atoms with Gasteiger partial charge in [-0.25, -0.2) is 19.7 Å². The largest absolute Gasteiger partial charge is 0.478 e. The van der Waals surface area contributed by atoms with Crippen LogP contribution in [0.2, 0.25) is 5.02 Å². The molecule has 3 aromatic heterocycles. The topological polar surface area (TPSA) is 99.4 Å². The molecule has 0 amide bonds. The second-order valence-electron chi connectivity index (χ2n) is 10.6. The molecule has 1 fully saturated rings. The lowest BCUT2D eigenvalue weighted by atomic mass is 9.86. The lowest BCUT2D eigenvalue weighted by molar-refractivity contribution is -0.0590. The van der Waals surface area contributed by atoms with E-state index in [-0.39, 0.29) is 11.7 Å². The Bertz CT molecular complexity index is 1590. The molecule has 206 valence electrons. The van der Waals surface area contributed by atoms with E-state index in [0.29, 0.717) is 30.6 Å². The number of hydrogen-bond acceptors (Lipinski definition) is 6. The number of aryl methyl sites for hydroxylation is 1. The normalized spacial score (nSPS) is 18.8. The van der Waals surface area contributed by atoms with Gasteiger partial charge in [-0.05, 0) is 79.5 Å². The summed E-state index contributed by atoms with van der Waals surface area (Å²) in [6.45, 7) is 3.90. The van der Waals surface area contributed by atoms with Gasteiger partial charge < -0.3 is 19.1 Å². The van der Waals surface area contributed by atoms with Crippen molar-refractivity contribution in [3.8, 4) is 5.88 Å². The fourth-order valence-electron chi connectivity index (χ4n) is 5.37. The summed E-state index contributed by atoms with van der Waals surface area (Å²) >= 11 is 6.08. The lowest BCUT2D eigenvalue weighted by Gasteiger charge is -2.28. The fourth-order valence-corrected chi connectivity index (χ4v) is 5.60. The molecule has 1 N–H and O–H groups in total. The van der Waals surface area contributed by atoms with Crippen LogP contribution in [-0.2, 0) is 24.3 Å². The molecule has 1 aromatic carbocycles. The molecule has 4 heterocycles. The third-order valence-electron chi connectivity index (χ3n) is 7.83. The zero-order valence-corrected chi connectivity index (χ0v) is 23.1. The molecule has 0 bridgehead atoms. The molecule has 0 spiro atoms. The van der Waals surface area contributed by atoms with Gasteiger partial charge in [0, 0.05) is 30.3 Å². The highest BCUT2D eigenvalue weighted by Crippen LogP contribution is 2.33. The van der Waals surface area contributed by atoms with Crippen molar-refractivity contribution in [3.63, 3.8) is 0 Å².